The van der Waals surface area contributed by atoms with Gasteiger partial charge in [0.15, 0.2) is 5.96 Å². The first kappa shape index (κ1) is 22.4. The third-order valence-corrected chi connectivity index (χ3v) is 5.46. The molecule has 3 rings (SSSR count). The molecule has 3 heterocycles. The fourth-order valence-corrected chi connectivity index (χ4v) is 3.63. The van der Waals surface area contributed by atoms with Crippen molar-refractivity contribution in [3.05, 3.63) is 17.5 Å². The van der Waals surface area contributed by atoms with Crippen LogP contribution < -0.4 is 5.32 Å². The molecular weight excluding hydrogens is 461 g/mol. The lowest BCUT2D eigenvalue weighted by atomic mass is 9.81. The monoisotopic (exact) mass is 493 g/mol. The average molecular weight is 493 g/mol. The Morgan fingerprint density at radius 2 is 2.00 bits per heavy atom. The highest BCUT2D eigenvalue weighted by molar-refractivity contribution is 14.0. The van der Waals surface area contributed by atoms with Crippen LogP contribution in [0.15, 0.2) is 15.6 Å². The van der Waals surface area contributed by atoms with Crippen LogP contribution in [-0.2, 0) is 11.3 Å². The van der Waals surface area contributed by atoms with Crippen molar-refractivity contribution in [2.45, 2.75) is 26.3 Å². The van der Waals surface area contributed by atoms with Crippen LogP contribution in [-0.4, -0.2) is 85.6 Å². The molecule has 2 aliphatic rings. The summed E-state index contributed by atoms with van der Waals surface area (Å²) in [6.45, 7) is 8.88. The lowest BCUT2D eigenvalue weighted by Crippen LogP contribution is -2.54. The fraction of sp³-hybridized carbons (Fsp3) is 0.778. The van der Waals surface area contributed by atoms with Gasteiger partial charge >= 0.3 is 0 Å². The zero-order valence-corrected chi connectivity index (χ0v) is 18.6. The predicted molar refractivity (Wildman–Crippen MR) is 114 cm³/mol. The summed E-state index contributed by atoms with van der Waals surface area (Å²) in [7, 11) is 1.82. The lowest BCUT2D eigenvalue weighted by Gasteiger charge is -2.39. The summed E-state index contributed by atoms with van der Waals surface area (Å²) >= 11 is 0. The maximum Gasteiger partial charge on any atom is 0.193 e. The Hall–Kier alpha value is -0.910. The normalized spacial score (nSPS) is 21.0. The van der Waals surface area contributed by atoms with Crippen molar-refractivity contribution < 1.29 is 14.4 Å². The van der Waals surface area contributed by atoms with Crippen LogP contribution in [0.2, 0.25) is 0 Å². The number of aliphatic hydroxyl groups excluding tert-OH is 1. The van der Waals surface area contributed by atoms with E-state index in [1.807, 2.05) is 20.0 Å². The molecule has 2 fully saturated rings. The lowest BCUT2D eigenvalue weighted by molar-refractivity contribution is -0.0135. The minimum atomic E-state index is -0.0964. The van der Waals surface area contributed by atoms with Gasteiger partial charge in [0.05, 0.1) is 12.3 Å². The Morgan fingerprint density at radius 3 is 2.56 bits per heavy atom. The molecule has 0 aliphatic carbocycles. The van der Waals surface area contributed by atoms with Gasteiger partial charge in [0.1, 0.15) is 5.76 Å². The van der Waals surface area contributed by atoms with Crippen LogP contribution in [0.5, 0.6) is 0 Å². The zero-order chi connectivity index (χ0) is 18.4. The van der Waals surface area contributed by atoms with E-state index in [2.05, 4.69) is 25.3 Å². The van der Waals surface area contributed by atoms with E-state index in [1.54, 1.807) is 0 Å². The summed E-state index contributed by atoms with van der Waals surface area (Å²) in [6.07, 6.45) is 1.77. The average Bonchev–Trinajstić information content (AvgIpc) is 3.09. The molecule has 1 aromatic heterocycles. The molecule has 0 unspecified atom stereocenters. The third-order valence-electron chi connectivity index (χ3n) is 5.46. The number of aliphatic hydroxyl groups is 1. The van der Waals surface area contributed by atoms with Gasteiger partial charge in [-0.2, -0.15) is 0 Å². The molecule has 0 radical (unpaired) electrons. The van der Waals surface area contributed by atoms with Gasteiger partial charge in [-0.1, -0.05) is 5.16 Å². The van der Waals surface area contributed by atoms with Gasteiger partial charge in [-0.15, -0.1) is 24.0 Å². The summed E-state index contributed by atoms with van der Waals surface area (Å²) in [5.74, 6) is 1.77. The van der Waals surface area contributed by atoms with E-state index in [0.29, 0.717) is 0 Å². The number of piperazine rings is 1. The number of aryl methyl sites for hydroxylation is 1. The molecule has 27 heavy (non-hydrogen) atoms. The molecule has 154 valence electrons. The molecule has 0 amide bonds. The molecule has 2 aliphatic heterocycles. The third kappa shape index (κ3) is 6.03. The number of ether oxygens (including phenoxy) is 1. The number of aliphatic imine (C=N–C) groups is 1. The smallest absolute Gasteiger partial charge is 0.193 e. The van der Waals surface area contributed by atoms with E-state index in [9.17, 15) is 5.11 Å². The summed E-state index contributed by atoms with van der Waals surface area (Å²) in [5, 5.41) is 17.4. The van der Waals surface area contributed by atoms with Crippen LogP contribution >= 0.6 is 24.0 Å². The molecule has 8 nitrogen and oxygen atoms in total. The van der Waals surface area contributed by atoms with Gasteiger partial charge in [-0.3, -0.25) is 9.89 Å². The minimum Gasteiger partial charge on any atom is -0.396 e. The minimum absolute atomic E-state index is 0. The Kier molecular flexibility index (Phi) is 8.77. The van der Waals surface area contributed by atoms with E-state index in [4.69, 9.17) is 9.26 Å². The van der Waals surface area contributed by atoms with Crippen LogP contribution in [0.1, 0.15) is 24.3 Å². The first-order valence-corrected chi connectivity index (χ1v) is 9.43. The maximum atomic E-state index is 9.84. The highest BCUT2D eigenvalue weighted by atomic mass is 127. The van der Waals surface area contributed by atoms with Crippen molar-refractivity contribution in [2.24, 2.45) is 10.4 Å². The second-order valence-corrected chi connectivity index (χ2v) is 7.36. The molecule has 9 heteroatoms. The highest BCUT2D eigenvalue weighted by Crippen LogP contribution is 2.29. The summed E-state index contributed by atoms with van der Waals surface area (Å²) in [4.78, 5) is 9.12. The topological polar surface area (TPSA) is 86.4 Å². The highest BCUT2D eigenvalue weighted by Gasteiger charge is 2.32. The molecule has 1 aromatic rings. The first-order chi connectivity index (χ1) is 12.6. The molecule has 0 saturated carbocycles. The van der Waals surface area contributed by atoms with Gasteiger partial charge in [0.2, 0.25) is 0 Å². The number of nitrogens with one attached hydrogen (secondary N) is 1. The number of hydrogen-bond donors (Lipinski definition) is 2. The van der Waals surface area contributed by atoms with Crippen LogP contribution in [0.3, 0.4) is 0 Å². The first-order valence-electron chi connectivity index (χ1n) is 9.43. The summed E-state index contributed by atoms with van der Waals surface area (Å²) in [5.41, 5.74) is 0.892. The number of rotatable bonds is 5. The zero-order valence-electron chi connectivity index (χ0n) is 16.3. The van der Waals surface area contributed by atoms with Crippen molar-refractivity contribution >= 4 is 29.9 Å². The van der Waals surface area contributed by atoms with E-state index in [0.717, 1.165) is 82.7 Å². The van der Waals surface area contributed by atoms with Crippen LogP contribution in [0, 0.1) is 12.3 Å². The van der Waals surface area contributed by atoms with Crippen molar-refractivity contribution in [3.63, 3.8) is 0 Å². The molecule has 2 saturated heterocycles. The molecule has 0 aromatic carbocycles. The summed E-state index contributed by atoms with van der Waals surface area (Å²) < 4.78 is 10.6. The maximum absolute atomic E-state index is 9.84. The Bertz CT molecular complexity index is 596. The van der Waals surface area contributed by atoms with E-state index in [1.165, 1.54) is 0 Å². The molecule has 0 spiro atoms. The van der Waals surface area contributed by atoms with E-state index in [-0.39, 0.29) is 36.0 Å². The largest absolute Gasteiger partial charge is 0.396 e. The number of halogens is 1. The summed E-state index contributed by atoms with van der Waals surface area (Å²) in [6, 6.07) is 2.00. The quantitative estimate of drug-likeness (QED) is 0.361. The van der Waals surface area contributed by atoms with E-state index >= 15 is 0 Å². The number of hydrogen-bond acceptors (Lipinski definition) is 6. The standard InChI is InChI=1S/C18H31N5O3.HI/c1-15-11-16(21-26-15)12-22-5-7-23(8-6-22)17(19-2)20-13-18(14-24)3-9-25-10-4-18;/h11,24H,3-10,12-14H2,1-2H3,(H,19,20);1H. The molecule has 0 atom stereocenters. The van der Waals surface area contributed by atoms with Crippen molar-refractivity contribution in [1.82, 2.24) is 20.3 Å². The van der Waals surface area contributed by atoms with Gasteiger partial charge in [0, 0.05) is 71.0 Å². The number of guanidine groups is 1. The van der Waals surface area contributed by atoms with Gasteiger partial charge in [-0.25, -0.2) is 0 Å². The van der Waals surface area contributed by atoms with Crippen LogP contribution in [0.4, 0.5) is 0 Å². The predicted octanol–water partition coefficient (Wildman–Crippen LogP) is 1.08. The Balaban J connectivity index is 0.00000261. The number of aromatic nitrogens is 1. The molecule has 0 bridgehead atoms. The molecular formula is C18H32IN5O3. The van der Waals surface area contributed by atoms with Gasteiger partial charge in [-0.05, 0) is 19.8 Å². The Morgan fingerprint density at radius 1 is 1.30 bits per heavy atom. The fourth-order valence-electron chi connectivity index (χ4n) is 3.63. The van der Waals surface area contributed by atoms with Gasteiger partial charge < -0.3 is 24.6 Å². The van der Waals surface area contributed by atoms with E-state index < -0.39 is 0 Å². The molecule has 2 N–H and O–H groups in total. The number of nitrogens with zero attached hydrogens (tertiary/aromatic N) is 4. The second kappa shape index (κ2) is 10.6. The van der Waals surface area contributed by atoms with Gasteiger partial charge in [0.25, 0.3) is 0 Å². The van der Waals surface area contributed by atoms with Crippen LogP contribution in [0.25, 0.3) is 0 Å². The Labute approximate surface area is 178 Å². The van der Waals surface area contributed by atoms with Crippen molar-refractivity contribution in [2.75, 3.05) is 59.6 Å². The van der Waals surface area contributed by atoms with Crippen molar-refractivity contribution in [3.8, 4) is 0 Å². The second-order valence-electron chi connectivity index (χ2n) is 7.36. The van der Waals surface area contributed by atoms with Crippen molar-refractivity contribution in [1.29, 1.82) is 0 Å². The SMILES string of the molecule is CN=C(NCC1(CO)CCOCC1)N1CCN(Cc2cc(C)on2)CC1.I.